The second-order valence-corrected chi connectivity index (χ2v) is 6.28. The van der Waals surface area contributed by atoms with E-state index in [1.54, 1.807) is 18.2 Å². The molecule has 1 unspecified atom stereocenters. The second-order valence-electron chi connectivity index (χ2n) is 5.88. The SMILES string of the molecule is CC(OC(=O)c1cc2ccccc2cc1O)C(=O)Nc1ccc(F)cc1Cl. The molecule has 0 heterocycles. The summed E-state index contributed by atoms with van der Waals surface area (Å²) in [5, 5.41) is 14.1. The summed E-state index contributed by atoms with van der Waals surface area (Å²) in [5.74, 6) is -2.26. The maximum Gasteiger partial charge on any atom is 0.342 e. The summed E-state index contributed by atoms with van der Waals surface area (Å²) in [7, 11) is 0. The van der Waals surface area contributed by atoms with E-state index in [9.17, 15) is 19.1 Å². The first-order chi connectivity index (χ1) is 12.8. The average molecular weight is 388 g/mol. The third kappa shape index (κ3) is 4.17. The molecule has 3 rings (SSSR count). The topological polar surface area (TPSA) is 75.6 Å². The minimum atomic E-state index is -1.16. The van der Waals surface area contributed by atoms with Gasteiger partial charge in [-0.2, -0.15) is 0 Å². The summed E-state index contributed by atoms with van der Waals surface area (Å²) >= 11 is 5.86. The van der Waals surface area contributed by atoms with Gasteiger partial charge in [-0.3, -0.25) is 4.79 Å². The monoisotopic (exact) mass is 387 g/mol. The van der Waals surface area contributed by atoms with Gasteiger partial charge in [-0.05, 0) is 48.0 Å². The van der Waals surface area contributed by atoms with Crippen LogP contribution in [0.3, 0.4) is 0 Å². The molecule has 27 heavy (non-hydrogen) atoms. The van der Waals surface area contributed by atoms with Gasteiger partial charge in [0.25, 0.3) is 5.91 Å². The summed E-state index contributed by atoms with van der Waals surface area (Å²) in [6, 6.07) is 13.7. The van der Waals surface area contributed by atoms with Crippen molar-refractivity contribution in [3.8, 4) is 5.75 Å². The normalized spacial score (nSPS) is 11.8. The predicted molar refractivity (Wildman–Crippen MR) is 101 cm³/mol. The number of hydrogen-bond acceptors (Lipinski definition) is 4. The summed E-state index contributed by atoms with van der Waals surface area (Å²) in [6.07, 6.45) is -1.16. The molecule has 2 N–H and O–H groups in total. The number of benzene rings is 3. The van der Waals surface area contributed by atoms with Crippen LogP contribution in [0.2, 0.25) is 5.02 Å². The first-order valence-electron chi connectivity index (χ1n) is 8.04. The zero-order valence-electron chi connectivity index (χ0n) is 14.2. The number of phenolic OH excluding ortho intramolecular Hbond substituents is 1. The number of anilines is 1. The molecule has 3 aromatic carbocycles. The molecule has 0 aliphatic rings. The van der Waals surface area contributed by atoms with E-state index >= 15 is 0 Å². The van der Waals surface area contributed by atoms with Crippen LogP contribution in [0, 0.1) is 5.82 Å². The van der Waals surface area contributed by atoms with Gasteiger partial charge < -0.3 is 15.2 Å². The van der Waals surface area contributed by atoms with Crippen molar-refractivity contribution in [1.82, 2.24) is 0 Å². The quantitative estimate of drug-likeness (QED) is 0.645. The fourth-order valence-corrected chi connectivity index (χ4v) is 2.71. The van der Waals surface area contributed by atoms with Gasteiger partial charge in [-0.25, -0.2) is 9.18 Å². The lowest BCUT2D eigenvalue weighted by molar-refractivity contribution is -0.123. The lowest BCUT2D eigenvalue weighted by atomic mass is 10.1. The van der Waals surface area contributed by atoms with E-state index in [-0.39, 0.29) is 22.0 Å². The Bertz CT molecular complexity index is 1040. The fourth-order valence-electron chi connectivity index (χ4n) is 2.49. The Morgan fingerprint density at radius 1 is 1.11 bits per heavy atom. The highest BCUT2D eigenvalue weighted by atomic mass is 35.5. The van der Waals surface area contributed by atoms with Crippen molar-refractivity contribution < 1.29 is 23.8 Å². The number of phenols is 1. The minimum Gasteiger partial charge on any atom is -0.507 e. The predicted octanol–water partition coefficient (Wildman–Crippen LogP) is 4.52. The summed E-state index contributed by atoms with van der Waals surface area (Å²) in [5.41, 5.74) is 0.146. The molecule has 138 valence electrons. The zero-order valence-corrected chi connectivity index (χ0v) is 15.0. The summed E-state index contributed by atoms with van der Waals surface area (Å²) in [4.78, 5) is 24.6. The molecule has 1 amide bonds. The fraction of sp³-hybridized carbons (Fsp3) is 0.100. The van der Waals surface area contributed by atoms with Crippen molar-refractivity contribution in [2.24, 2.45) is 0 Å². The molecule has 0 saturated heterocycles. The molecule has 0 spiro atoms. The number of carbonyl (C=O) groups excluding carboxylic acids is 2. The third-order valence-corrected chi connectivity index (χ3v) is 4.24. The van der Waals surface area contributed by atoms with Gasteiger partial charge in [0.2, 0.25) is 0 Å². The standard InChI is InChI=1S/C20H15ClFNO4/c1-11(19(25)23-17-7-6-14(22)10-16(17)21)27-20(26)15-8-12-4-2-3-5-13(12)9-18(15)24/h2-11,24H,1H3,(H,23,25). The Hall–Kier alpha value is -3.12. The van der Waals surface area contributed by atoms with E-state index in [1.807, 2.05) is 6.07 Å². The first kappa shape index (κ1) is 18.7. The van der Waals surface area contributed by atoms with Crippen LogP contribution in [0.4, 0.5) is 10.1 Å². The van der Waals surface area contributed by atoms with Crippen LogP contribution in [0.15, 0.2) is 54.6 Å². The molecule has 0 aromatic heterocycles. The van der Waals surface area contributed by atoms with Crippen LogP contribution in [0.5, 0.6) is 5.75 Å². The highest BCUT2D eigenvalue weighted by molar-refractivity contribution is 6.33. The molecule has 0 aliphatic heterocycles. The highest BCUT2D eigenvalue weighted by Crippen LogP contribution is 2.26. The van der Waals surface area contributed by atoms with Gasteiger partial charge in [0.15, 0.2) is 6.10 Å². The summed E-state index contributed by atoms with van der Waals surface area (Å²) < 4.78 is 18.2. The maximum absolute atomic E-state index is 13.1. The van der Waals surface area contributed by atoms with E-state index in [0.717, 1.165) is 22.9 Å². The molecule has 0 bridgehead atoms. The molecule has 0 aliphatic carbocycles. The van der Waals surface area contributed by atoms with Crippen LogP contribution in [-0.4, -0.2) is 23.1 Å². The van der Waals surface area contributed by atoms with Crippen LogP contribution < -0.4 is 5.32 Å². The minimum absolute atomic E-state index is 0.0223. The molecule has 5 nitrogen and oxygen atoms in total. The summed E-state index contributed by atoms with van der Waals surface area (Å²) in [6.45, 7) is 1.38. The van der Waals surface area contributed by atoms with E-state index < -0.39 is 23.8 Å². The highest BCUT2D eigenvalue weighted by Gasteiger charge is 2.22. The second kappa shape index (κ2) is 7.63. The van der Waals surface area contributed by atoms with Gasteiger partial charge in [0.1, 0.15) is 17.1 Å². The largest absolute Gasteiger partial charge is 0.507 e. The lowest BCUT2D eigenvalue weighted by Crippen LogP contribution is -2.30. The Morgan fingerprint density at radius 2 is 1.78 bits per heavy atom. The van der Waals surface area contributed by atoms with Crippen molar-refractivity contribution in [2.75, 3.05) is 5.32 Å². The van der Waals surface area contributed by atoms with E-state index in [4.69, 9.17) is 16.3 Å². The smallest absolute Gasteiger partial charge is 0.342 e. The van der Waals surface area contributed by atoms with E-state index in [0.29, 0.717) is 0 Å². The van der Waals surface area contributed by atoms with E-state index in [2.05, 4.69) is 5.32 Å². The van der Waals surface area contributed by atoms with Crippen LogP contribution in [0.1, 0.15) is 17.3 Å². The van der Waals surface area contributed by atoms with Crippen molar-refractivity contribution in [3.05, 3.63) is 71.0 Å². The Morgan fingerprint density at radius 3 is 2.44 bits per heavy atom. The van der Waals surface area contributed by atoms with Gasteiger partial charge in [-0.15, -0.1) is 0 Å². The number of aromatic hydroxyl groups is 1. The van der Waals surface area contributed by atoms with Crippen molar-refractivity contribution in [3.63, 3.8) is 0 Å². The van der Waals surface area contributed by atoms with Gasteiger partial charge >= 0.3 is 5.97 Å². The first-order valence-corrected chi connectivity index (χ1v) is 8.41. The average Bonchev–Trinajstić information content (AvgIpc) is 2.63. The third-order valence-electron chi connectivity index (χ3n) is 3.93. The maximum atomic E-state index is 13.1. The number of rotatable bonds is 4. The Labute approximate surface area is 159 Å². The number of ether oxygens (including phenoxy) is 1. The number of hydrogen-bond donors (Lipinski definition) is 2. The molecule has 7 heteroatoms. The Kier molecular flexibility index (Phi) is 5.28. The molecule has 0 fully saturated rings. The van der Waals surface area contributed by atoms with Crippen molar-refractivity contribution in [2.45, 2.75) is 13.0 Å². The van der Waals surface area contributed by atoms with Crippen molar-refractivity contribution >= 4 is 39.9 Å². The van der Waals surface area contributed by atoms with Crippen LogP contribution in [-0.2, 0) is 9.53 Å². The lowest BCUT2D eigenvalue weighted by Gasteiger charge is -2.15. The van der Waals surface area contributed by atoms with Gasteiger partial charge in [0.05, 0.1) is 10.7 Å². The van der Waals surface area contributed by atoms with E-state index in [1.165, 1.54) is 25.1 Å². The molecular weight excluding hydrogens is 373 g/mol. The Balaban J connectivity index is 1.73. The molecule has 0 saturated carbocycles. The number of fused-ring (bicyclic) bond motifs is 1. The molecule has 0 radical (unpaired) electrons. The number of halogens is 2. The van der Waals surface area contributed by atoms with Gasteiger partial charge in [-0.1, -0.05) is 35.9 Å². The zero-order chi connectivity index (χ0) is 19.6. The molecule has 3 aromatic rings. The molecule has 1 atom stereocenters. The molecular formula is C20H15ClFNO4. The number of amides is 1. The number of esters is 1. The van der Waals surface area contributed by atoms with Crippen LogP contribution >= 0.6 is 11.6 Å². The van der Waals surface area contributed by atoms with Gasteiger partial charge in [0, 0.05) is 0 Å². The number of carbonyl (C=O) groups is 2. The van der Waals surface area contributed by atoms with Crippen molar-refractivity contribution in [1.29, 1.82) is 0 Å². The van der Waals surface area contributed by atoms with Crippen LogP contribution in [0.25, 0.3) is 10.8 Å². The number of nitrogens with one attached hydrogen (secondary N) is 1.